The van der Waals surface area contributed by atoms with Crippen molar-refractivity contribution < 1.29 is 18.6 Å². The number of hydrogen-bond donors (Lipinski definition) is 4. The van der Waals surface area contributed by atoms with Gasteiger partial charge in [0.25, 0.3) is 0 Å². The van der Waals surface area contributed by atoms with E-state index >= 15 is 0 Å². The Morgan fingerprint density at radius 1 is 1.32 bits per heavy atom. The molecule has 9 nitrogen and oxygen atoms in total. The number of alkyl halides is 2. The predicted molar refractivity (Wildman–Crippen MR) is 124 cm³/mol. The number of piperidine rings is 1. The fourth-order valence-corrected chi connectivity index (χ4v) is 5.15. The summed E-state index contributed by atoms with van der Waals surface area (Å²) in [6, 6.07) is 6.84. The monoisotopic (exact) mass is 487 g/mol. The number of aliphatic hydroxyl groups is 1. The number of nitrogens with one attached hydrogen (secondary N) is 3. The molecule has 2 atom stereocenters. The zero-order chi connectivity index (χ0) is 23.5. The molecule has 4 N–H and O–H groups in total. The van der Waals surface area contributed by atoms with Gasteiger partial charge in [0.2, 0.25) is 0 Å². The SMILES string of the molecule is OC(Nc1c[nH]nc1-c1cc(SC2CCCNC2)ccc1OC(F)F)c1cnn2cccnc12. The number of anilines is 1. The van der Waals surface area contributed by atoms with Crippen LogP contribution in [0, 0.1) is 0 Å². The molecule has 3 aromatic heterocycles. The average molecular weight is 488 g/mol. The summed E-state index contributed by atoms with van der Waals surface area (Å²) in [5, 5.41) is 28.8. The molecule has 0 amide bonds. The Morgan fingerprint density at radius 3 is 3.06 bits per heavy atom. The van der Waals surface area contributed by atoms with Crippen LogP contribution in [0.25, 0.3) is 16.9 Å². The van der Waals surface area contributed by atoms with E-state index in [9.17, 15) is 13.9 Å². The first-order valence-corrected chi connectivity index (χ1v) is 11.7. The number of thioether (sulfide) groups is 1. The van der Waals surface area contributed by atoms with Gasteiger partial charge >= 0.3 is 6.61 Å². The van der Waals surface area contributed by atoms with E-state index in [0.29, 0.717) is 33.4 Å². The molecular weight excluding hydrogens is 464 g/mol. The number of aromatic nitrogens is 5. The molecule has 0 aliphatic carbocycles. The predicted octanol–water partition coefficient (Wildman–Crippen LogP) is 3.67. The van der Waals surface area contributed by atoms with Gasteiger partial charge < -0.3 is 20.5 Å². The summed E-state index contributed by atoms with van der Waals surface area (Å²) in [5.41, 5.74) is 2.12. The maximum Gasteiger partial charge on any atom is 0.387 e. The number of benzene rings is 1. The molecule has 1 aromatic carbocycles. The van der Waals surface area contributed by atoms with Crippen molar-refractivity contribution in [2.45, 2.75) is 35.8 Å². The summed E-state index contributed by atoms with van der Waals surface area (Å²) in [6.45, 7) is -1.08. The molecule has 1 aliphatic rings. The van der Waals surface area contributed by atoms with Crippen molar-refractivity contribution in [1.29, 1.82) is 0 Å². The number of fused-ring (bicyclic) bond motifs is 1. The fraction of sp³-hybridized carbons (Fsp3) is 0.318. The highest BCUT2D eigenvalue weighted by molar-refractivity contribution is 8.00. The van der Waals surface area contributed by atoms with Crippen molar-refractivity contribution in [3.63, 3.8) is 0 Å². The van der Waals surface area contributed by atoms with Crippen LogP contribution < -0.4 is 15.4 Å². The molecule has 0 radical (unpaired) electrons. The van der Waals surface area contributed by atoms with Gasteiger partial charge in [0.1, 0.15) is 11.4 Å². The topological polar surface area (TPSA) is 112 Å². The second kappa shape index (κ2) is 9.95. The maximum atomic E-state index is 13.1. The number of rotatable bonds is 8. The highest BCUT2D eigenvalue weighted by Gasteiger charge is 2.22. The van der Waals surface area contributed by atoms with Crippen molar-refractivity contribution in [1.82, 2.24) is 30.1 Å². The zero-order valence-electron chi connectivity index (χ0n) is 18.0. The number of hydrogen-bond acceptors (Lipinski definition) is 8. The Hall–Kier alpha value is -3.22. The van der Waals surface area contributed by atoms with Crippen LogP contribution in [-0.2, 0) is 0 Å². The van der Waals surface area contributed by atoms with Crippen LogP contribution in [0.5, 0.6) is 5.75 Å². The number of nitrogens with zero attached hydrogens (tertiary/aromatic N) is 4. The molecule has 1 saturated heterocycles. The van der Waals surface area contributed by atoms with Crippen LogP contribution in [-0.4, -0.2) is 54.9 Å². The van der Waals surface area contributed by atoms with E-state index in [4.69, 9.17) is 4.74 Å². The molecule has 0 spiro atoms. The molecule has 1 fully saturated rings. The summed E-state index contributed by atoms with van der Waals surface area (Å²) in [7, 11) is 0. The highest BCUT2D eigenvalue weighted by atomic mass is 32.2. The molecule has 5 rings (SSSR count). The number of ether oxygens (including phenoxy) is 1. The third-order valence-electron chi connectivity index (χ3n) is 5.51. The van der Waals surface area contributed by atoms with Crippen LogP contribution in [0.2, 0.25) is 0 Å². The number of aromatic amines is 1. The molecule has 34 heavy (non-hydrogen) atoms. The third kappa shape index (κ3) is 4.83. The van der Waals surface area contributed by atoms with E-state index in [2.05, 4.69) is 30.9 Å². The Balaban J connectivity index is 1.44. The van der Waals surface area contributed by atoms with E-state index < -0.39 is 12.8 Å². The lowest BCUT2D eigenvalue weighted by Crippen LogP contribution is -2.31. The van der Waals surface area contributed by atoms with E-state index in [1.54, 1.807) is 53.1 Å². The Labute approximate surface area is 197 Å². The van der Waals surface area contributed by atoms with E-state index in [-0.39, 0.29) is 5.75 Å². The minimum absolute atomic E-state index is 0.00316. The van der Waals surface area contributed by atoms with Crippen molar-refractivity contribution in [3.8, 4) is 17.0 Å². The lowest BCUT2D eigenvalue weighted by Gasteiger charge is -2.22. The van der Waals surface area contributed by atoms with Gasteiger partial charge in [0, 0.05) is 40.8 Å². The summed E-state index contributed by atoms with van der Waals surface area (Å²) in [5.74, 6) is 0.00316. The van der Waals surface area contributed by atoms with Gasteiger partial charge in [-0.1, -0.05) is 0 Å². The first-order chi connectivity index (χ1) is 16.6. The molecule has 4 heterocycles. The highest BCUT2D eigenvalue weighted by Crippen LogP contribution is 2.39. The lowest BCUT2D eigenvalue weighted by molar-refractivity contribution is -0.0494. The average Bonchev–Trinajstić information content (AvgIpc) is 3.47. The Morgan fingerprint density at radius 2 is 2.24 bits per heavy atom. The Bertz CT molecular complexity index is 1260. The quantitative estimate of drug-likeness (QED) is 0.279. The zero-order valence-corrected chi connectivity index (χ0v) is 18.8. The summed E-state index contributed by atoms with van der Waals surface area (Å²) in [4.78, 5) is 5.17. The van der Waals surface area contributed by atoms with Gasteiger partial charge in [-0.2, -0.15) is 19.0 Å². The number of aliphatic hydroxyl groups excluding tert-OH is 1. The van der Waals surface area contributed by atoms with Crippen molar-refractivity contribution >= 4 is 23.1 Å². The van der Waals surface area contributed by atoms with Crippen LogP contribution >= 0.6 is 11.8 Å². The smallest absolute Gasteiger partial charge is 0.387 e. The minimum atomic E-state index is -2.98. The van der Waals surface area contributed by atoms with Gasteiger partial charge in [-0.15, -0.1) is 11.8 Å². The van der Waals surface area contributed by atoms with Crippen LogP contribution in [0.1, 0.15) is 24.6 Å². The molecule has 0 saturated carbocycles. The van der Waals surface area contributed by atoms with Crippen molar-refractivity contribution in [2.75, 3.05) is 18.4 Å². The molecule has 4 aromatic rings. The van der Waals surface area contributed by atoms with Gasteiger partial charge in [-0.25, -0.2) is 9.50 Å². The second-order valence-electron chi connectivity index (χ2n) is 7.80. The van der Waals surface area contributed by atoms with Gasteiger partial charge in [-0.3, -0.25) is 5.10 Å². The van der Waals surface area contributed by atoms with Crippen LogP contribution in [0.15, 0.2) is 53.9 Å². The fourth-order valence-electron chi connectivity index (χ4n) is 3.95. The van der Waals surface area contributed by atoms with E-state index in [0.717, 1.165) is 30.8 Å². The molecule has 12 heteroatoms. The van der Waals surface area contributed by atoms with Crippen molar-refractivity contribution in [3.05, 3.63) is 54.6 Å². The maximum absolute atomic E-state index is 13.1. The van der Waals surface area contributed by atoms with Crippen LogP contribution in [0.4, 0.5) is 14.5 Å². The normalized spacial score (nSPS) is 17.2. The van der Waals surface area contributed by atoms with Crippen molar-refractivity contribution in [2.24, 2.45) is 0 Å². The first-order valence-electron chi connectivity index (χ1n) is 10.8. The largest absolute Gasteiger partial charge is 0.434 e. The molecular formula is C22H23F2N7O2S. The molecule has 1 aliphatic heterocycles. The van der Waals surface area contributed by atoms with Gasteiger partial charge in [0.05, 0.1) is 17.4 Å². The van der Waals surface area contributed by atoms with Gasteiger partial charge in [-0.05, 0) is 43.7 Å². The second-order valence-corrected chi connectivity index (χ2v) is 9.18. The number of halogens is 2. The number of H-pyrrole nitrogens is 1. The molecule has 178 valence electrons. The third-order valence-corrected chi connectivity index (χ3v) is 6.77. The Kier molecular flexibility index (Phi) is 6.61. The summed E-state index contributed by atoms with van der Waals surface area (Å²) in [6.07, 6.45) is 7.41. The minimum Gasteiger partial charge on any atom is -0.434 e. The summed E-state index contributed by atoms with van der Waals surface area (Å²) < 4.78 is 32.6. The van der Waals surface area contributed by atoms with Gasteiger partial charge in [0.15, 0.2) is 11.9 Å². The molecule has 2 unspecified atom stereocenters. The standard InChI is InChI=1S/C22H23F2N7O2S/c23-22(24)33-18-5-4-13(34-14-3-1-6-25-10-14)9-15(18)19-17(12-27-30-19)29-21(32)16-11-28-31-8-2-7-26-20(16)31/h2,4-5,7-9,11-12,14,21-22,25,29,32H,1,3,6,10H2,(H,27,30). The molecule has 0 bridgehead atoms. The summed E-state index contributed by atoms with van der Waals surface area (Å²) >= 11 is 1.69. The first kappa shape index (κ1) is 22.6. The lowest BCUT2D eigenvalue weighted by atomic mass is 10.1. The van der Waals surface area contributed by atoms with E-state index in [1.807, 2.05) is 0 Å². The van der Waals surface area contributed by atoms with E-state index in [1.165, 1.54) is 12.3 Å². The van der Waals surface area contributed by atoms with Crippen LogP contribution in [0.3, 0.4) is 0 Å².